The maximum atomic E-state index is 12.8. The van der Waals surface area contributed by atoms with Crippen molar-refractivity contribution < 1.29 is 14.3 Å². The third-order valence-corrected chi connectivity index (χ3v) is 5.93. The van der Waals surface area contributed by atoms with Crippen LogP contribution in [0.1, 0.15) is 27.4 Å². The van der Waals surface area contributed by atoms with Crippen LogP contribution >= 0.6 is 11.8 Å². The predicted molar refractivity (Wildman–Crippen MR) is 110 cm³/mol. The Morgan fingerprint density at radius 2 is 1.37 bits per heavy atom. The van der Waals surface area contributed by atoms with E-state index in [2.05, 4.69) is 48.5 Å². The second kappa shape index (κ2) is 7.49. The first-order valence-corrected chi connectivity index (χ1v) is 9.78. The Kier molecular flexibility index (Phi) is 4.90. The van der Waals surface area contributed by atoms with E-state index < -0.39 is 0 Å². The van der Waals surface area contributed by atoms with Gasteiger partial charge in [0.1, 0.15) is 11.5 Å². The zero-order chi connectivity index (χ0) is 18.8. The van der Waals surface area contributed by atoms with Crippen molar-refractivity contribution in [3.8, 4) is 22.6 Å². The van der Waals surface area contributed by atoms with Gasteiger partial charge < -0.3 is 9.47 Å². The van der Waals surface area contributed by atoms with Crippen LogP contribution in [0.15, 0.2) is 66.7 Å². The van der Waals surface area contributed by atoms with Crippen molar-refractivity contribution in [2.24, 2.45) is 0 Å². The van der Waals surface area contributed by atoms with Gasteiger partial charge in [0.25, 0.3) is 0 Å². The molecular formula is C23H20O3S. The molecule has 0 amide bonds. The summed E-state index contributed by atoms with van der Waals surface area (Å²) < 4.78 is 10.6. The average Bonchev–Trinajstić information content (AvgIpc) is 3.05. The lowest BCUT2D eigenvalue weighted by Gasteiger charge is -2.13. The summed E-state index contributed by atoms with van der Waals surface area (Å²) in [5.74, 6) is 2.16. The Balaban J connectivity index is 1.58. The Morgan fingerprint density at radius 3 is 1.89 bits per heavy atom. The highest BCUT2D eigenvalue weighted by atomic mass is 32.2. The molecule has 0 saturated carbocycles. The first-order chi connectivity index (χ1) is 13.2. The van der Waals surface area contributed by atoms with Crippen LogP contribution < -0.4 is 9.47 Å². The van der Waals surface area contributed by atoms with Gasteiger partial charge in [-0.15, -0.1) is 0 Å². The molecule has 3 nitrogen and oxygen atoms in total. The summed E-state index contributed by atoms with van der Waals surface area (Å²) in [6, 6.07) is 22.2. The first-order valence-electron chi connectivity index (χ1n) is 8.79. The maximum Gasteiger partial charge on any atom is 0.219 e. The van der Waals surface area contributed by atoms with E-state index in [4.69, 9.17) is 9.47 Å². The second-order valence-electron chi connectivity index (χ2n) is 6.43. The summed E-state index contributed by atoms with van der Waals surface area (Å²) in [5.41, 5.74) is 5.73. The van der Waals surface area contributed by atoms with Crippen LogP contribution in [-0.2, 0) is 0 Å². The molecule has 27 heavy (non-hydrogen) atoms. The summed E-state index contributed by atoms with van der Waals surface area (Å²) >= 11 is 1.34. The van der Waals surface area contributed by atoms with E-state index in [1.54, 1.807) is 32.4 Å². The van der Waals surface area contributed by atoms with E-state index in [0.29, 0.717) is 22.8 Å². The van der Waals surface area contributed by atoms with Gasteiger partial charge in [0.2, 0.25) is 5.12 Å². The molecule has 0 fully saturated rings. The van der Waals surface area contributed by atoms with Crippen LogP contribution in [0, 0.1) is 0 Å². The number of carbonyl (C=O) groups is 1. The average molecular weight is 376 g/mol. The zero-order valence-electron chi connectivity index (χ0n) is 15.3. The highest BCUT2D eigenvalue weighted by Crippen LogP contribution is 2.46. The number of fused-ring (bicyclic) bond motifs is 3. The van der Waals surface area contributed by atoms with E-state index in [0.717, 1.165) is 0 Å². The fraction of sp³-hybridized carbons (Fsp3) is 0.174. The fourth-order valence-corrected chi connectivity index (χ4v) is 4.57. The lowest BCUT2D eigenvalue weighted by molar-refractivity contribution is 0.108. The summed E-state index contributed by atoms with van der Waals surface area (Å²) in [6.07, 6.45) is 0. The van der Waals surface area contributed by atoms with Crippen LogP contribution in [-0.4, -0.2) is 25.1 Å². The van der Waals surface area contributed by atoms with Gasteiger partial charge in [-0.3, -0.25) is 4.79 Å². The standard InChI is InChI=1S/C23H20O3S/c1-25-16-11-15(12-17(13-16)26-2)23(24)27-14-22-20-9-5-3-7-18(20)19-8-4-6-10-21(19)22/h3-13,22H,14H2,1-2H3. The Bertz CT molecular complexity index is 929. The highest BCUT2D eigenvalue weighted by molar-refractivity contribution is 8.14. The lowest BCUT2D eigenvalue weighted by Crippen LogP contribution is -2.04. The van der Waals surface area contributed by atoms with E-state index in [9.17, 15) is 4.79 Å². The smallest absolute Gasteiger partial charge is 0.219 e. The summed E-state index contributed by atoms with van der Waals surface area (Å²) in [4.78, 5) is 12.8. The molecule has 4 rings (SSSR count). The molecule has 0 atom stereocenters. The normalized spacial score (nSPS) is 12.4. The molecule has 1 aliphatic carbocycles. The maximum absolute atomic E-state index is 12.8. The number of hydrogen-bond acceptors (Lipinski definition) is 4. The van der Waals surface area contributed by atoms with Crippen molar-refractivity contribution in [3.05, 3.63) is 83.4 Å². The Morgan fingerprint density at radius 1 is 0.852 bits per heavy atom. The molecule has 0 heterocycles. The minimum Gasteiger partial charge on any atom is -0.497 e. The predicted octanol–water partition coefficient (Wildman–Crippen LogP) is 5.39. The van der Waals surface area contributed by atoms with Gasteiger partial charge in [0.15, 0.2) is 0 Å². The highest BCUT2D eigenvalue weighted by Gasteiger charge is 2.28. The number of benzene rings is 3. The summed E-state index contributed by atoms with van der Waals surface area (Å²) in [7, 11) is 3.17. The van der Waals surface area contributed by atoms with E-state index >= 15 is 0 Å². The van der Waals surface area contributed by atoms with Gasteiger partial charge in [0, 0.05) is 23.3 Å². The second-order valence-corrected chi connectivity index (χ2v) is 7.42. The quantitative estimate of drug-likeness (QED) is 0.598. The molecule has 3 aromatic carbocycles. The molecule has 4 heteroatoms. The Labute approximate surface area is 163 Å². The molecule has 0 aliphatic heterocycles. The molecule has 0 radical (unpaired) electrons. The molecule has 1 aliphatic rings. The van der Waals surface area contributed by atoms with Crippen molar-refractivity contribution in [1.29, 1.82) is 0 Å². The molecule has 0 bridgehead atoms. The van der Waals surface area contributed by atoms with Gasteiger partial charge in [0.05, 0.1) is 14.2 Å². The molecule has 0 unspecified atom stereocenters. The van der Waals surface area contributed by atoms with Gasteiger partial charge in [-0.1, -0.05) is 60.3 Å². The minimum absolute atomic E-state index is 0.0223. The van der Waals surface area contributed by atoms with Crippen molar-refractivity contribution in [1.82, 2.24) is 0 Å². The van der Waals surface area contributed by atoms with Crippen LogP contribution in [0.25, 0.3) is 11.1 Å². The molecule has 0 aromatic heterocycles. The van der Waals surface area contributed by atoms with Crippen LogP contribution in [0.4, 0.5) is 0 Å². The molecule has 0 saturated heterocycles. The molecule has 0 N–H and O–H groups in total. The molecule has 3 aromatic rings. The van der Waals surface area contributed by atoms with Gasteiger partial charge in [-0.2, -0.15) is 0 Å². The largest absolute Gasteiger partial charge is 0.497 e. The monoisotopic (exact) mass is 376 g/mol. The number of carbonyl (C=O) groups excluding carboxylic acids is 1. The fourth-order valence-electron chi connectivity index (χ4n) is 3.61. The van der Waals surface area contributed by atoms with E-state index in [1.807, 2.05) is 0 Å². The molecular weight excluding hydrogens is 356 g/mol. The zero-order valence-corrected chi connectivity index (χ0v) is 16.1. The van der Waals surface area contributed by atoms with E-state index in [-0.39, 0.29) is 11.0 Å². The molecule has 0 spiro atoms. The molecule has 136 valence electrons. The van der Waals surface area contributed by atoms with Crippen molar-refractivity contribution in [3.63, 3.8) is 0 Å². The summed E-state index contributed by atoms with van der Waals surface area (Å²) in [5, 5.41) is 0.0223. The topological polar surface area (TPSA) is 35.5 Å². The third-order valence-electron chi connectivity index (χ3n) is 4.93. The van der Waals surface area contributed by atoms with Crippen molar-refractivity contribution in [2.75, 3.05) is 20.0 Å². The number of hydrogen-bond donors (Lipinski definition) is 0. The van der Waals surface area contributed by atoms with E-state index in [1.165, 1.54) is 34.0 Å². The minimum atomic E-state index is 0.0223. The van der Waals surface area contributed by atoms with Crippen molar-refractivity contribution in [2.45, 2.75) is 5.92 Å². The van der Waals surface area contributed by atoms with Gasteiger partial charge in [-0.05, 0) is 34.4 Å². The number of methoxy groups -OCH3 is 2. The Hall–Kier alpha value is -2.72. The number of rotatable bonds is 5. The SMILES string of the molecule is COc1cc(OC)cc(C(=O)SCC2c3ccccc3-c3ccccc32)c1. The lowest BCUT2D eigenvalue weighted by atomic mass is 9.99. The van der Waals surface area contributed by atoms with Crippen molar-refractivity contribution >= 4 is 16.9 Å². The van der Waals surface area contributed by atoms with Crippen LogP contribution in [0.3, 0.4) is 0 Å². The summed E-state index contributed by atoms with van der Waals surface area (Å²) in [6.45, 7) is 0. The third kappa shape index (κ3) is 3.33. The first kappa shape index (κ1) is 17.7. The van der Waals surface area contributed by atoms with Crippen LogP contribution in [0.5, 0.6) is 11.5 Å². The van der Waals surface area contributed by atoms with Gasteiger partial charge in [-0.25, -0.2) is 0 Å². The van der Waals surface area contributed by atoms with Gasteiger partial charge >= 0.3 is 0 Å². The van der Waals surface area contributed by atoms with Crippen LogP contribution in [0.2, 0.25) is 0 Å². The number of ether oxygens (including phenoxy) is 2. The number of thioether (sulfide) groups is 1.